The Morgan fingerprint density at radius 1 is 1.07 bits per heavy atom. The zero-order valence-corrected chi connectivity index (χ0v) is 10.9. The average molecular weight is 197 g/mol. The standard InChI is InChI=1S/C9H17N.C4H10/c1-7(2)9(10(3)4)8-5-6-8;1-3-4-2/h8H,5-6H2,1-4H3;3-4H2,1-2H3. The summed E-state index contributed by atoms with van der Waals surface area (Å²) in [4.78, 5) is 2.26. The molecule has 1 saturated carbocycles. The summed E-state index contributed by atoms with van der Waals surface area (Å²) in [6.45, 7) is 8.77. The summed E-state index contributed by atoms with van der Waals surface area (Å²) >= 11 is 0. The van der Waals surface area contributed by atoms with Crippen molar-refractivity contribution in [3.63, 3.8) is 0 Å². The molecule has 0 aliphatic heterocycles. The molecule has 0 unspecified atom stereocenters. The zero-order chi connectivity index (χ0) is 11.1. The fraction of sp³-hybridized carbons (Fsp3) is 0.846. The summed E-state index contributed by atoms with van der Waals surface area (Å²) < 4.78 is 0. The number of hydrogen-bond donors (Lipinski definition) is 0. The topological polar surface area (TPSA) is 3.24 Å². The van der Waals surface area contributed by atoms with Gasteiger partial charge in [0.1, 0.15) is 0 Å². The molecule has 0 aromatic heterocycles. The zero-order valence-electron chi connectivity index (χ0n) is 10.9. The molecule has 1 aliphatic rings. The summed E-state index contributed by atoms with van der Waals surface area (Å²) in [5.74, 6) is 0.889. The summed E-state index contributed by atoms with van der Waals surface area (Å²) in [5, 5.41) is 0. The molecule has 1 fully saturated rings. The molecule has 1 rings (SSSR count). The molecule has 0 atom stereocenters. The molecule has 1 aliphatic carbocycles. The Morgan fingerprint density at radius 3 is 1.57 bits per heavy atom. The van der Waals surface area contributed by atoms with Crippen molar-refractivity contribution in [2.45, 2.75) is 53.4 Å². The lowest BCUT2D eigenvalue weighted by atomic mass is 10.2. The largest absolute Gasteiger partial charge is 0.381 e. The molecule has 1 nitrogen and oxygen atoms in total. The first-order chi connectivity index (χ1) is 6.54. The number of rotatable bonds is 3. The molecule has 1 heteroatoms. The van der Waals surface area contributed by atoms with Crippen LogP contribution in [0.1, 0.15) is 53.4 Å². The van der Waals surface area contributed by atoms with Crippen LogP contribution in [0.15, 0.2) is 11.3 Å². The maximum absolute atomic E-state index is 2.26. The van der Waals surface area contributed by atoms with Crippen LogP contribution < -0.4 is 0 Å². The minimum atomic E-state index is 0.889. The second-order valence-corrected chi connectivity index (χ2v) is 4.55. The van der Waals surface area contributed by atoms with Crippen LogP contribution in [0.2, 0.25) is 0 Å². The van der Waals surface area contributed by atoms with E-state index in [4.69, 9.17) is 0 Å². The Kier molecular flexibility index (Phi) is 6.69. The fourth-order valence-corrected chi connectivity index (χ4v) is 1.58. The van der Waals surface area contributed by atoms with Crippen LogP contribution >= 0.6 is 0 Å². The van der Waals surface area contributed by atoms with E-state index in [0.29, 0.717) is 0 Å². The van der Waals surface area contributed by atoms with Gasteiger partial charge in [0, 0.05) is 19.8 Å². The highest BCUT2D eigenvalue weighted by Gasteiger charge is 2.27. The normalized spacial score (nSPS) is 14.1. The predicted molar refractivity (Wildman–Crippen MR) is 65.4 cm³/mol. The predicted octanol–water partition coefficient (Wildman–Crippen LogP) is 4.06. The molecule has 0 saturated heterocycles. The summed E-state index contributed by atoms with van der Waals surface area (Å²) in [6, 6.07) is 0. The van der Waals surface area contributed by atoms with Crippen LogP contribution in [0.3, 0.4) is 0 Å². The highest BCUT2D eigenvalue weighted by molar-refractivity contribution is 5.15. The van der Waals surface area contributed by atoms with Gasteiger partial charge in [0.05, 0.1) is 0 Å². The second kappa shape index (κ2) is 6.92. The highest BCUT2D eigenvalue weighted by Crippen LogP contribution is 2.38. The molecule has 0 bridgehead atoms. The van der Waals surface area contributed by atoms with E-state index < -0.39 is 0 Å². The lowest BCUT2D eigenvalue weighted by Crippen LogP contribution is -2.13. The van der Waals surface area contributed by atoms with Crippen LogP contribution in [0.5, 0.6) is 0 Å². The summed E-state index contributed by atoms with van der Waals surface area (Å²) in [7, 11) is 4.28. The quantitative estimate of drug-likeness (QED) is 0.659. The lowest BCUT2D eigenvalue weighted by molar-refractivity contribution is 0.472. The summed E-state index contributed by atoms with van der Waals surface area (Å²) in [5.41, 5.74) is 3.03. The molecule has 0 heterocycles. The first-order valence-corrected chi connectivity index (χ1v) is 5.89. The molecule has 0 aromatic rings. The number of nitrogens with zero attached hydrogens (tertiary/aromatic N) is 1. The number of allylic oxidation sites excluding steroid dienone is 2. The Balaban J connectivity index is 0.000000364. The molecule has 0 radical (unpaired) electrons. The van der Waals surface area contributed by atoms with E-state index in [0.717, 1.165) is 5.92 Å². The molecule has 0 N–H and O–H groups in total. The van der Waals surface area contributed by atoms with Gasteiger partial charge in [-0.2, -0.15) is 0 Å². The molecule has 0 aromatic carbocycles. The Hall–Kier alpha value is -0.460. The Morgan fingerprint density at radius 2 is 1.50 bits per heavy atom. The highest BCUT2D eigenvalue weighted by atomic mass is 15.1. The average Bonchev–Trinajstić information content (AvgIpc) is 2.88. The van der Waals surface area contributed by atoms with E-state index in [-0.39, 0.29) is 0 Å². The van der Waals surface area contributed by atoms with E-state index in [1.165, 1.54) is 31.3 Å². The van der Waals surface area contributed by atoms with Crippen LogP contribution in [-0.2, 0) is 0 Å². The minimum absolute atomic E-state index is 0.889. The van der Waals surface area contributed by atoms with Gasteiger partial charge in [0.15, 0.2) is 0 Å². The van der Waals surface area contributed by atoms with Gasteiger partial charge in [-0.1, -0.05) is 32.3 Å². The third-order valence-corrected chi connectivity index (χ3v) is 2.46. The van der Waals surface area contributed by atoms with Gasteiger partial charge in [-0.25, -0.2) is 0 Å². The van der Waals surface area contributed by atoms with Crippen molar-refractivity contribution in [2.24, 2.45) is 5.92 Å². The van der Waals surface area contributed by atoms with E-state index in [1.54, 1.807) is 5.70 Å². The second-order valence-electron chi connectivity index (χ2n) is 4.55. The summed E-state index contributed by atoms with van der Waals surface area (Å²) in [6.07, 6.45) is 5.44. The van der Waals surface area contributed by atoms with E-state index >= 15 is 0 Å². The SMILES string of the molecule is CC(C)=C(C1CC1)N(C)C.CCCC. The molecule has 0 spiro atoms. The van der Waals surface area contributed by atoms with Crippen molar-refractivity contribution in [3.8, 4) is 0 Å². The molecular weight excluding hydrogens is 170 g/mol. The molecule has 84 valence electrons. The van der Waals surface area contributed by atoms with Gasteiger partial charge in [0.25, 0.3) is 0 Å². The molecule has 0 amide bonds. The first-order valence-electron chi connectivity index (χ1n) is 5.89. The van der Waals surface area contributed by atoms with Crippen LogP contribution in [0, 0.1) is 5.92 Å². The maximum Gasteiger partial charge on any atom is 0.0145 e. The Labute approximate surface area is 90.2 Å². The van der Waals surface area contributed by atoms with Crippen molar-refractivity contribution >= 4 is 0 Å². The Bertz CT molecular complexity index is 166. The third-order valence-electron chi connectivity index (χ3n) is 2.46. The van der Waals surface area contributed by atoms with E-state index in [9.17, 15) is 0 Å². The lowest BCUT2D eigenvalue weighted by Gasteiger charge is -2.18. The molecule has 14 heavy (non-hydrogen) atoms. The van der Waals surface area contributed by atoms with Crippen molar-refractivity contribution < 1.29 is 0 Å². The minimum Gasteiger partial charge on any atom is -0.381 e. The smallest absolute Gasteiger partial charge is 0.0145 e. The van der Waals surface area contributed by atoms with Crippen molar-refractivity contribution in [1.29, 1.82) is 0 Å². The number of unbranched alkanes of at least 4 members (excludes halogenated alkanes) is 1. The fourth-order valence-electron chi connectivity index (χ4n) is 1.58. The van der Waals surface area contributed by atoms with Gasteiger partial charge in [-0.05, 0) is 32.6 Å². The number of hydrogen-bond acceptors (Lipinski definition) is 1. The first kappa shape index (κ1) is 13.5. The van der Waals surface area contributed by atoms with E-state index in [2.05, 4.69) is 46.7 Å². The van der Waals surface area contributed by atoms with Gasteiger partial charge < -0.3 is 4.90 Å². The van der Waals surface area contributed by atoms with Crippen LogP contribution in [0.25, 0.3) is 0 Å². The van der Waals surface area contributed by atoms with Crippen LogP contribution in [-0.4, -0.2) is 19.0 Å². The van der Waals surface area contributed by atoms with Crippen molar-refractivity contribution in [2.75, 3.05) is 14.1 Å². The van der Waals surface area contributed by atoms with Crippen LogP contribution in [0.4, 0.5) is 0 Å². The van der Waals surface area contributed by atoms with Gasteiger partial charge in [-0.3, -0.25) is 0 Å². The monoisotopic (exact) mass is 197 g/mol. The van der Waals surface area contributed by atoms with Gasteiger partial charge >= 0.3 is 0 Å². The maximum atomic E-state index is 2.26. The van der Waals surface area contributed by atoms with Gasteiger partial charge in [-0.15, -0.1) is 0 Å². The third kappa shape index (κ3) is 5.31. The van der Waals surface area contributed by atoms with Crippen molar-refractivity contribution in [3.05, 3.63) is 11.3 Å². The van der Waals surface area contributed by atoms with Crippen molar-refractivity contribution in [1.82, 2.24) is 4.90 Å². The van der Waals surface area contributed by atoms with Gasteiger partial charge in [0.2, 0.25) is 0 Å². The van der Waals surface area contributed by atoms with E-state index in [1.807, 2.05) is 0 Å². The molecular formula is C13H27N.